The summed E-state index contributed by atoms with van der Waals surface area (Å²) in [5.74, 6) is -2.74. The first-order valence-corrected chi connectivity index (χ1v) is 6.19. The predicted octanol–water partition coefficient (Wildman–Crippen LogP) is 2.56. The average Bonchev–Trinajstić information content (AvgIpc) is 2.35. The summed E-state index contributed by atoms with van der Waals surface area (Å²) >= 11 is 0. The second-order valence-corrected chi connectivity index (χ2v) is 4.17. The van der Waals surface area contributed by atoms with E-state index in [4.69, 9.17) is 5.73 Å². The minimum Gasteiger partial charge on any atom is -0.466 e. The number of ether oxygens (including phenoxy) is 2. The smallest absolute Gasteiger partial charge is 0.466 e. The Labute approximate surface area is 126 Å². The third-order valence-electron chi connectivity index (χ3n) is 2.58. The highest BCUT2D eigenvalue weighted by molar-refractivity contribution is 5.74. The lowest BCUT2D eigenvalue weighted by atomic mass is 10.00. The van der Waals surface area contributed by atoms with E-state index in [2.05, 4.69) is 14.5 Å². The van der Waals surface area contributed by atoms with Gasteiger partial charge in [0.1, 0.15) is 5.56 Å². The van der Waals surface area contributed by atoms with Crippen molar-refractivity contribution < 1.29 is 40.6 Å². The molecule has 0 radical (unpaired) electrons. The Morgan fingerprint density at radius 1 is 1.26 bits per heavy atom. The molecule has 23 heavy (non-hydrogen) atoms. The Balaban J connectivity index is 3.48. The molecule has 0 saturated carbocycles. The van der Waals surface area contributed by atoms with E-state index in [1.807, 2.05) is 0 Å². The summed E-state index contributed by atoms with van der Waals surface area (Å²) in [6.07, 6.45) is -10.8. The van der Waals surface area contributed by atoms with Crippen molar-refractivity contribution >= 4 is 5.97 Å². The Morgan fingerprint density at radius 3 is 2.30 bits per heavy atom. The number of alkyl halides is 6. The lowest BCUT2D eigenvalue weighted by Crippen LogP contribution is -2.24. The van der Waals surface area contributed by atoms with Gasteiger partial charge in [0, 0.05) is 12.7 Å². The molecule has 0 aliphatic carbocycles. The second-order valence-electron chi connectivity index (χ2n) is 4.17. The third-order valence-corrected chi connectivity index (χ3v) is 2.58. The molecule has 11 heteroatoms. The number of hydrogen-bond acceptors (Lipinski definition) is 5. The van der Waals surface area contributed by atoms with Gasteiger partial charge in [-0.3, -0.25) is 4.79 Å². The Hall–Kier alpha value is -2.04. The van der Waals surface area contributed by atoms with Gasteiger partial charge in [-0.1, -0.05) is 0 Å². The van der Waals surface area contributed by atoms with Crippen molar-refractivity contribution in [2.75, 3.05) is 6.61 Å². The van der Waals surface area contributed by atoms with Crippen molar-refractivity contribution in [1.29, 1.82) is 0 Å². The normalized spacial score (nSPS) is 12.2. The van der Waals surface area contributed by atoms with Crippen LogP contribution in [0.4, 0.5) is 26.3 Å². The van der Waals surface area contributed by atoms with Crippen LogP contribution in [-0.2, 0) is 28.7 Å². The maximum atomic E-state index is 13.2. The van der Waals surface area contributed by atoms with Gasteiger partial charge < -0.3 is 15.2 Å². The molecular formula is C12H12F6N2O3. The molecule has 1 aromatic rings. The SMILES string of the molecule is CCOC(=O)Cc1c(CN)cnc(OC(F)(F)F)c1C(F)(F)F. The fourth-order valence-corrected chi connectivity index (χ4v) is 1.78. The molecular weight excluding hydrogens is 334 g/mol. The number of pyridine rings is 1. The number of nitrogens with two attached hydrogens (primary N) is 1. The number of carbonyl (C=O) groups excluding carboxylic acids is 1. The van der Waals surface area contributed by atoms with Crippen molar-refractivity contribution in [3.63, 3.8) is 0 Å². The molecule has 0 atom stereocenters. The van der Waals surface area contributed by atoms with E-state index in [1.165, 1.54) is 6.92 Å². The molecule has 5 nitrogen and oxygen atoms in total. The summed E-state index contributed by atoms with van der Waals surface area (Å²) in [5.41, 5.74) is 2.47. The van der Waals surface area contributed by atoms with Crippen LogP contribution in [0, 0.1) is 0 Å². The van der Waals surface area contributed by atoms with Gasteiger partial charge in [-0.2, -0.15) is 13.2 Å². The molecule has 0 spiro atoms. The lowest BCUT2D eigenvalue weighted by molar-refractivity contribution is -0.277. The first-order valence-electron chi connectivity index (χ1n) is 6.19. The number of nitrogens with zero attached hydrogens (tertiary/aromatic N) is 1. The number of carbonyl (C=O) groups is 1. The molecule has 130 valence electrons. The predicted molar refractivity (Wildman–Crippen MR) is 64.2 cm³/mol. The summed E-state index contributed by atoms with van der Waals surface area (Å²) in [4.78, 5) is 14.5. The zero-order valence-electron chi connectivity index (χ0n) is 11.7. The van der Waals surface area contributed by atoms with Crippen LogP contribution in [0.2, 0.25) is 0 Å². The van der Waals surface area contributed by atoms with Gasteiger partial charge in [-0.25, -0.2) is 4.98 Å². The van der Waals surface area contributed by atoms with Crippen molar-refractivity contribution in [2.24, 2.45) is 5.73 Å². The number of halogens is 6. The number of hydrogen-bond donors (Lipinski definition) is 1. The van der Waals surface area contributed by atoms with Crippen LogP contribution in [0.5, 0.6) is 5.88 Å². The van der Waals surface area contributed by atoms with E-state index in [-0.39, 0.29) is 12.2 Å². The summed E-state index contributed by atoms with van der Waals surface area (Å²) in [5, 5.41) is 0. The van der Waals surface area contributed by atoms with Crippen LogP contribution in [0.15, 0.2) is 6.20 Å². The van der Waals surface area contributed by atoms with E-state index in [1.54, 1.807) is 0 Å². The van der Waals surface area contributed by atoms with Crippen molar-refractivity contribution in [3.05, 3.63) is 22.9 Å². The summed E-state index contributed by atoms with van der Waals surface area (Å²) < 4.78 is 84.1. The molecule has 0 saturated heterocycles. The van der Waals surface area contributed by atoms with Gasteiger partial charge in [0.05, 0.1) is 13.0 Å². The topological polar surface area (TPSA) is 74.4 Å². The molecule has 0 bridgehead atoms. The zero-order valence-corrected chi connectivity index (χ0v) is 11.7. The first kappa shape index (κ1) is 19.0. The number of aromatic nitrogens is 1. The molecule has 0 aliphatic rings. The van der Waals surface area contributed by atoms with E-state index >= 15 is 0 Å². The quantitative estimate of drug-likeness (QED) is 0.655. The van der Waals surface area contributed by atoms with Crippen molar-refractivity contribution in [2.45, 2.75) is 32.4 Å². The molecule has 2 N–H and O–H groups in total. The molecule has 0 unspecified atom stereocenters. The summed E-state index contributed by atoms with van der Waals surface area (Å²) in [6, 6.07) is 0. The largest absolute Gasteiger partial charge is 0.574 e. The molecule has 0 amide bonds. The van der Waals surface area contributed by atoms with E-state index < -0.39 is 48.5 Å². The van der Waals surface area contributed by atoms with Gasteiger partial charge in [-0.15, -0.1) is 13.2 Å². The Bertz CT molecular complexity index is 571. The fraction of sp³-hybridized carbons (Fsp3) is 0.500. The maximum absolute atomic E-state index is 13.2. The van der Waals surface area contributed by atoms with E-state index in [9.17, 15) is 31.1 Å². The summed E-state index contributed by atoms with van der Waals surface area (Å²) in [6.45, 7) is 0.864. The van der Waals surface area contributed by atoms with Crippen LogP contribution in [0.25, 0.3) is 0 Å². The van der Waals surface area contributed by atoms with Crippen LogP contribution in [0.3, 0.4) is 0 Å². The highest BCUT2D eigenvalue weighted by atomic mass is 19.4. The van der Waals surface area contributed by atoms with Crippen LogP contribution in [-0.4, -0.2) is 23.9 Å². The molecule has 1 heterocycles. The zero-order chi connectivity index (χ0) is 17.8. The van der Waals surface area contributed by atoms with E-state index in [0.717, 1.165) is 0 Å². The van der Waals surface area contributed by atoms with Crippen LogP contribution < -0.4 is 10.5 Å². The molecule has 1 rings (SSSR count). The van der Waals surface area contributed by atoms with Gasteiger partial charge in [0.15, 0.2) is 0 Å². The van der Waals surface area contributed by atoms with E-state index in [0.29, 0.717) is 6.20 Å². The summed E-state index contributed by atoms with van der Waals surface area (Å²) in [7, 11) is 0. The number of rotatable bonds is 5. The molecule has 1 aromatic heterocycles. The lowest BCUT2D eigenvalue weighted by Gasteiger charge is -2.19. The Kier molecular flexibility index (Phi) is 5.81. The van der Waals surface area contributed by atoms with Gasteiger partial charge >= 0.3 is 18.5 Å². The van der Waals surface area contributed by atoms with Crippen LogP contribution >= 0.6 is 0 Å². The van der Waals surface area contributed by atoms with Gasteiger partial charge in [0.2, 0.25) is 5.88 Å². The fourth-order valence-electron chi connectivity index (χ4n) is 1.78. The van der Waals surface area contributed by atoms with Gasteiger partial charge in [0.25, 0.3) is 0 Å². The highest BCUT2D eigenvalue weighted by Gasteiger charge is 2.43. The monoisotopic (exact) mass is 346 g/mol. The number of esters is 1. The van der Waals surface area contributed by atoms with Crippen LogP contribution in [0.1, 0.15) is 23.6 Å². The Morgan fingerprint density at radius 2 is 1.87 bits per heavy atom. The van der Waals surface area contributed by atoms with Crippen molar-refractivity contribution in [1.82, 2.24) is 4.98 Å². The minimum absolute atomic E-state index is 0.102. The second kappa shape index (κ2) is 7.02. The highest BCUT2D eigenvalue weighted by Crippen LogP contribution is 2.40. The third kappa shape index (κ3) is 5.27. The molecule has 0 aromatic carbocycles. The first-order chi connectivity index (χ1) is 10.5. The standard InChI is InChI=1S/C12H12F6N2O3/c1-2-22-8(21)3-7-6(4-19)5-20-10(23-12(16,17)18)9(7)11(13,14)15/h5H,2-4,19H2,1H3. The minimum atomic E-state index is -5.38. The molecule has 0 aliphatic heterocycles. The molecule has 0 fully saturated rings. The average molecular weight is 346 g/mol. The van der Waals surface area contributed by atoms with Gasteiger partial charge in [-0.05, 0) is 18.1 Å². The van der Waals surface area contributed by atoms with Crippen molar-refractivity contribution in [3.8, 4) is 5.88 Å². The maximum Gasteiger partial charge on any atom is 0.574 e.